The van der Waals surface area contributed by atoms with Crippen LogP contribution >= 0.6 is 0 Å². The maximum atomic E-state index is 12.4. The molecular formula is C20H29N5O6. The van der Waals surface area contributed by atoms with E-state index in [-0.39, 0.29) is 35.1 Å². The summed E-state index contributed by atoms with van der Waals surface area (Å²) >= 11 is 0. The second-order valence-electron chi connectivity index (χ2n) is 8.54. The van der Waals surface area contributed by atoms with Crippen LogP contribution in [0.3, 0.4) is 0 Å². The summed E-state index contributed by atoms with van der Waals surface area (Å²) in [7, 11) is 0. The SMILES string of the molecule is CC(C)C(=O)Nc1cn([C@@H]2O[C@H](CO)[C@@H](O)[C@]2(C)O)c2ncnc(NC(=O)C(C)C)c12. The first-order valence-electron chi connectivity index (χ1n) is 10.1. The maximum absolute atomic E-state index is 12.4. The van der Waals surface area contributed by atoms with Gasteiger partial charge in [0.1, 0.15) is 35.6 Å². The Morgan fingerprint density at radius 1 is 1.19 bits per heavy atom. The highest BCUT2D eigenvalue weighted by atomic mass is 16.6. The van der Waals surface area contributed by atoms with Gasteiger partial charge in [0.05, 0.1) is 17.7 Å². The van der Waals surface area contributed by atoms with E-state index in [0.29, 0.717) is 11.1 Å². The first-order valence-corrected chi connectivity index (χ1v) is 10.1. The van der Waals surface area contributed by atoms with Crippen LogP contribution in [0.4, 0.5) is 11.5 Å². The minimum absolute atomic E-state index is 0.193. The maximum Gasteiger partial charge on any atom is 0.228 e. The molecular weight excluding hydrogens is 406 g/mol. The van der Waals surface area contributed by atoms with Gasteiger partial charge in [-0.05, 0) is 6.92 Å². The molecule has 4 atom stereocenters. The Kier molecular flexibility index (Phi) is 6.33. The van der Waals surface area contributed by atoms with Crippen molar-refractivity contribution in [2.45, 2.75) is 58.7 Å². The van der Waals surface area contributed by atoms with Gasteiger partial charge in [-0.3, -0.25) is 9.59 Å². The smallest absolute Gasteiger partial charge is 0.228 e. The van der Waals surface area contributed by atoms with Gasteiger partial charge in [0.25, 0.3) is 0 Å². The van der Waals surface area contributed by atoms with E-state index in [9.17, 15) is 24.9 Å². The molecule has 5 N–H and O–H groups in total. The predicted octanol–water partition coefficient (Wildman–Crippen LogP) is 0.622. The van der Waals surface area contributed by atoms with E-state index in [1.165, 1.54) is 24.0 Å². The van der Waals surface area contributed by atoms with Crippen LogP contribution in [0.5, 0.6) is 0 Å². The number of aliphatic hydroxyl groups is 3. The quantitative estimate of drug-likeness (QED) is 0.442. The summed E-state index contributed by atoms with van der Waals surface area (Å²) in [5.74, 6) is -0.966. The predicted molar refractivity (Wildman–Crippen MR) is 112 cm³/mol. The van der Waals surface area contributed by atoms with Gasteiger partial charge in [-0.15, -0.1) is 0 Å². The van der Waals surface area contributed by atoms with Crippen molar-refractivity contribution in [2.24, 2.45) is 11.8 Å². The van der Waals surface area contributed by atoms with Crippen molar-refractivity contribution in [1.82, 2.24) is 14.5 Å². The monoisotopic (exact) mass is 435 g/mol. The number of ether oxygens (including phenoxy) is 1. The molecule has 11 nitrogen and oxygen atoms in total. The molecule has 3 rings (SSSR count). The lowest BCUT2D eigenvalue weighted by molar-refractivity contribution is -0.119. The number of hydrogen-bond donors (Lipinski definition) is 5. The Bertz CT molecular complexity index is 986. The average molecular weight is 435 g/mol. The van der Waals surface area contributed by atoms with E-state index >= 15 is 0 Å². The van der Waals surface area contributed by atoms with Crippen LogP contribution < -0.4 is 10.6 Å². The van der Waals surface area contributed by atoms with Crippen LogP contribution in [0.25, 0.3) is 11.0 Å². The van der Waals surface area contributed by atoms with Gasteiger partial charge in [-0.1, -0.05) is 27.7 Å². The molecule has 11 heteroatoms. The standard InChI is InChI=1S/C20H29N5O6/c1-9(2)17(28)23-11-6-25(19-20(5,30)14(27)12(7-26)31-19)16-13(11)15(21-8-22-16)24-18(29)10(3)4/h6,8-10,12,14,19,26-27,30H,7H2,1-5H3,(H,23,28)(H,21,22,24,29)/t12-,14-,19-,20+/m1/s1. The Morgan fingerprint density at radius 3 is 2.35 bits per heavy atom. The number of hydrogen-bond acceptors (Lipinski definition) is 8. The number of carbonyl (C=O) groups is 2. The second kappa shape index (κ2) is 8.50. The van der Waals surface area contributed by atoms with E-state index in [1.807, 2.05) is 0 Å². The largest absolute Gasteiger partial charge is 0.394 e. The summed E-state index contributed by atoms with van der Waals surface area (Å²) in [6.45, 7) is 7.84. The lowest BCUT2D eigenvalue weighted by Gasteiger charge is -2.27. The summed E-state index contributed by atoms with van der Waals surface area (Å²) < 4.78 is 7.16. The Hall–Kier alpha value is -2.60. The number of aliphatic hydroxyl groups excluding tert-OH is 2. The molecule has 1 fully saturated rings. The minimum Gasteiger partial charge on any atom is -0.394 e. The highest BCUT2D eigenvalue weighted by Gasteiger charge is 2.53. The van der Waals surface area contributed by atoms with Crippen LogP contribution in [0, 0.1) is 11.8 Å². The molecule has 0 saturated carbocycles. The van der Waals surface area contributed by atoms with E-state index in [4.69, 9.17) is 4.74 Å². The average Bonchev–Trinajstić information content (AvgIpc) is 3.17. The fourth-order valence-corrected chi connectivity index (χ4v) is 3.38. The molecule has 2 amide bonds. The minimum atomic E-state index is -1.76. The molecule has 2 aromatic heterocycles. The second-order valence-corrected chi connectivity index (χ2v) is 8.54. The molecule has 170 valence electrons. The molecule has 1 aliphatic heterocycles. The number of carbonyl (C=O) groups excluding carboxylic acids is 2. The number of nitrogens with one attached hydrogen (secondary N) is 2. The van der Waals surface area contributed by atoms with Crippen LogP contribution in [0.2, 0.25) is 0 Å². The molecule has 0 spiro atoms. The number of rotatable bonds is 6. The molecule has 1 aliphatic rings. The highest BCUT2D eigenvalue weighted by molar-refractivity contribution is 6.09. The lowest BCUT2D eigenvalue weighted by Crippen LogP contribution is -2.44. The lowest BCUT2D eigenvalue weighted by atomic mass is 9.96. The first-order chi connectivity index (χ1) is 14.5. The number of amides is 2. The third kappa shape index (κ3) is 4.13. The van der Waals surface area contributed by atoms with Crippen LogP contribution in [-0.4, -0.2) is 66.1 Å². The van der Waals surface area contributed by atoms with Crippen molar-refractivity contribution < 1.29 is 29.6 Å². The van der Waals surface area contributed by atoms with Gasteiger partial charge < -0.3 is 35.3 Å². The van der Waals surface area contributed by atoms with Crippen molar-refractivity contribution in [1.29, 1.82) is 0 Å². The topological polar surface area (TPSA) is 159 Å². The number of fused-ring (bicyclic) bond motifs is 1. The van der Waals surface area contributed by atoms with Crippen molar-refractivity contribution in [2.75, 3.05) is 17.2 Å². The molecule has 0 bridgehead atoms. The number of anilines is 2. The Morgan fingerprint density at radius 2 is 1.81 bits per heavy atom. The van der Waals surface area contributed by atoms with Gasteiger partial charge in [-0.2, -0.15) is 0 Å². The Labute approximate surface area is 179 Å². The molecule has 0 aliphatic carbocycles. The van der Waals surface area contributed by atoms with Gasteiger partial charge in [0.15, 0.2) is 6.23 Å². The number of aromatic nitrogens is 3. The third-order valence-corrected chi connectivity index (χ3v) is 5.34. The summed E-state index contributed by atoms with van der Waals surface area (Å²) in [6, 6.07) is 0. The third-order valence-electron chi connectivity index (χ3n) is 5.34. The fraction of sp³-hybridized carbons (Fsp3) is 0.600. The van der Waals surface area contributed by atoms with E-state index in [1.54, 1.807) is 27.7 Å². The molecule has 0 aromatic carbocycles. The van der Waals surface area contributed by atoms with Crippen molar-refractivity contribution in [3.05, 3.63) is 12.5 Å². The van der Waals surface area contributed by atoms with Crippen molar-refractivity contribution >= 4 is 34.4 Å². The summed E-state index contributed by atoms with van der Waals surface area (Å²) in [5, 5.41) is 36.6. The zero-order valence-corrected chi connectivity index (χ0v) is 18.2. The van der Waals surface area contributed by atoms with Crippen molar-refractivity contribution in [3.63, 3.8) is 0 Å². The normalized spacial score (nSPS) is 26.1. The van der Waals surface area contributed by atoms with E-state index in [2.05, 4.69) is 20.6 Å². The molecule has 3 heterocycles. The summed E-state index contributed by atoms with van der Waals surface area (Å²) in [5.41, 5.74) is -1.18. The van der Waals surface area contributed by atoms with Gasteiger partial charge in [0.2, 0.25) is 11.8 Å². The zero-order valence-electron chi connectivity index (χ0n) is 18.2. The van der Waals surface area contributed by atoms with E-state index < -0.39 is 30.6 Å². The number of nitrogens with zero attached hydrogens (tertiary/aromatic N) is 3. The summed E-state index contributed by atoms with van der Waals surface area (Å²) in [6.07, 6.45) is -0.720. The van der Waals surface area contributed by atoms with E-state index in [0.717, 1.165) is 0 Å². The van der Waals surface area contributed by atoms with Crippen LogP contribution in [0.15, 0.2) is 12.5 Å². The van der Waals surface area contributed by atoms with Crippen molar-refractivity contribution in [3.8, 4) is 0 Å². The molecule has 0 unspecified atom stereocenters. The van der Waals surface area contributed by atoms with Gasteiger partial charge >= 0.3 is 0 Å². The molecule has 0 radical (unpaired) electrons. The fourth-order valence-electron chi connectivity index (χ4n) is 3.38. The highest BCUT2D eigenvalue weighted by Crippen LogP contribution is 2.42. The van der Waals surface area contributed by atoms with Crippen LogP contribution in [-0.2, 0) is 14.3 Å². The molecule has 2 aromatic rings. The summed E-state index contributed by atoms with van der Waals surface area (Å²) in [4.78, 5) is 33.1. The Balaban J connectivity index is 2.17. The van der Waals surface area contributed by atoms with Crippen LogP contribution in [0.1, 0.15) is 40.8 Å². The molecule has 1 saturated heterocycles. The molecule has 31 heavy (non-hydrogen) atoms. The zero-order chi connectivity index (χ0) is 23.1. The van der Waals surface area contributed by atoms with Gasteiger partial charge in [-0.25, -0.2) is 9.97 Å². The van der Waals surface area contributed by atoms with Gasteiger partial charge in [0, 0.05) is 18.0 Å². The first kappa shape index (κ1) is 23.1.